The molecule has 0 aromatic carbocycles. The summed E-state index contributed by atoms with van der Waals surface area (Å²) in [4.78, 5) is 20.3. The second-order valence-electron chi connectivity index (χ2n) is 4.72. The van der Waals surface area contributed by atoms with Gasteiger partial charge >= 0.3 is 5.97 Å². The fraction of sp³-hybridized carbons (Fsp3) is 0.125. The number of aromatic nitrogens is 3. The van der Waals surface area contributed by atoms with E-state index in [1.54, 1.807) is 6.07 Å². The van der Waals surface area contributed by atoms with Crippen LogP contribution < -0.4 is 0 Å². The fourth-order valence-corrected chi connectivity index (χ4v) is 2.26. The van der Waals surface area contributed by atoms with Crippen LogP contribution in [-0.2, 0) is 4.74 Å². The standard InChI is InChI=1S/C16H13ClN4O2/c1-23-15(22)11-9-13-14(19-16(17)20-21(13)10-11)18-12-7-5-3-2-4-6-8-12/h2-3,5-10H,4H2,1H3/b3-2-,7-5?,8-6-,18-12?. The second kappa shape index (κ2) is 6.58. The van der Waals surface area contributed by atoms with Gasteiger partial charge in [-0.15, -0.1) is 5.10 Å². The molecular weight excluding hydrogens is 316 g/mol. The third-order valence-corrected chi connectivity index (χ3v) is 3.31. The van der Waals surface area contributed by atoms with Gasteiger partial charge in [-0.2, -0.15) is 4.98 Å². The number of nitrogens with zero attached hydrogens (tertiary/aromatic N) is 4. The lowest BCUT2D eigenvalue weighted by atomic mass is 10.2. The maximum absolute atomic E-state index is 11.7. The van der Waals surface area contributed by atoms with Crippen molar-refractivity contribution in [3.63, 3.8) is 0 Å². The van der Waals surface area contributed by atoms with Crippen LogP contribution in [0.25, 0.3) is 5.52 Å². The molecule has 23 heavy (non-hydrogen) atoms. The number of hydrogen-bond acceptors (Lipinski definition) is 5. The van der Waals surface area contributed by atoms with Crippen molar-refractivity contribution in [3.05, 3.63) is 59.6 Å². The average Bonchev–Trinajstić information content (AvgIpc) is 2.92. The predicted octanol–water partition coefficient (Wildman–Crippen LogP) is 3.31. The molecule has 0 bridgehead atoms. The minimum atomic E-state index is -0.457. The van der Waals surface area contributed by atoms with Gasteiger partial charge in [-0.05, 0) is 36.2 Å². The molecule has 6 nitrogen and oxygen atoms in total. The van der Waals surface area contributed by atoms with Gasteiger partial charge in [0.25, 0.3) is 0 Å². The highest BCUT2D eigenvalue weighted by Crippen LogP contribution is 2.22. The van der Waals surface area contributed by atoms with Crippen LogP contribution in [0.15, 0.2) is 53.7 Å². The van der Waals surface area contributed by atoms with Crippen molar-refractivity contribution in [1.82, 2.24) is 14.6 Å². The maximum Gasteiger partial charge on any atom is 0.339 e. The van der Waals surface area contributed by atoms with Gasteiger partial charge in [0, 0.05) is 6.20 Å². The first-order valence-corrected chi connectivity index (χ1v) is 7.28. The highest BCUT2D eigenvalue weighted by molar-refractivity contribution is 6.28. The molecule has 3 rings (SSSR count). The van der Waals surface area contributed by atoms with Gasteiger partial charge in [0.05, 0.1) is 18.4 Å². The number of methoxy groups -OCH3 is 1. The highest BCUT2D eigenvalue weighted by atomic mass is 35.5. The molecule has 116 valence electrons. The number of rotatable bonds is 2. The lowest BCUT2D eigenvalue weighted by molar-refractivity contribution is 0.0601. The zero-order chi connectivity index (χ0) is 16.2. The molecule has 0 unspecified atom stereocenters. The summed E-state index contributed by atoms with van der Waals surface area (Å²) >= 11 is 5.95. The summed E-state index contributed by atoms with van der Waals surface area (Å²) in [5.41, 5.74) is 1.66. The summed E-state index contributed by atoms with van der Waals surface area (Å²) in [6, 6.07) is 1.62. The third-order valence-electron chi connectivity index (χ3n) is 3.15. The van der Waals surface area contributed by atoms with Crippen molar-refractivity contribution in [3.8, 4) is 0 Å². The summed E-state index contributed by atoms with van der Waals surface area (Å²) < 4.78 is 6.19. The van der Waals surface area contributed by atoms with E-state index in [2.05, 4.69) is 15.1 Å². The Morgan fingerprint density at radius 2 is 2.22 bits per heavy atom. The molecule has 2 heterocycles. The Hall–Kier alpha value is -2.73. The minimum absolute atomic E-state index is 0.0440. The molecular formula is C16H13ClN4O2. The molecule has 1 aliphatic rings. The Labute approximate surface area is 137 Å². The molecule has 0 amide bonds. The van der Waals surface area contributed by atoms with E-state index in [1.165, 1.54) is 17.8 Å². The molecule has 0 N–H and O–H groups in total. The van der Waals surface area contributed by atoms with E-state index < -0.39 is 5.97 Å². The van der Waals surface area contributed by atoms with Gasteiger partial charge in [-0.1, -0.05) is 24.3 Å². The molecule has 0 atom stereocenters. The number of allylic oxidation sites excluding steroid dienone is 6. The molecule has 2 aromatic rings. The Morgan fingerprint density at radius 3 is 3.04 bits per heavy atom. The zero-order valence-electron chi connectivity index (χ0n) is 12.3. The number of ether oxygens (including phenoxy) is 1. The molecule has 0 aliphatic heterocycles. The SMILES string of the molecule is COC(=O)c1cc2c(N=C3C=C/C=C\C/C=C\3)nc(Cl)nn2c1. The van der Waals surface area contributed by atoms with E-state index in [4.69, 9.17) is 16.3 Å². The van der Waals surface area contributed by atoms with E-state index in [0.717, 1.165) is 12.1 Å². The summed E-state index contributed by atoms with van der Waals surface area (Å²) in [6.45, 7) is 0. The fourth-order valence-electron chi connectivity index (χ4n) is 2.10. The number of carbonyl (C=O) groups excluding carboxylic acids is 1. The van der Waals surface area contributed by atoms with Crippen molar-refractivity contribution in [2.75, 3.05) is 7.11 Å². The van der Waals surface area contributed by atoms with E-state index in [1.807, 2.05) is 36.5 Å². The highest BCUT2D eigenvalue weighted by Gasteiger charge is 2.14. The Bertz CT molecular complexity index is 878. The summed E-state index contributed by atoms with van der Waals surface area (Å²) in [6.07, 6.45) is 14.0. The van der Waals surface area contributed by atoms with Gasteiger partial charge in [0.15, 0.2) is 5.82 Å². The largest absolute Gasteiger partial charge is 0.465 e. The van der Waals surface area contributed by atoms with Crippen molar-refractivity contribution in [2.45, 2.75) is 6.42 Å². The summed E-state index contributed by atoms with van der Waals surface area (Å²) in [5.74, 6) is -0.0740. The summed E-state index contributed by atoms with van der Waals surface area (Å²) in [7, 11) is 1.32. The molecule has 0 saturated heterocycles. The number of aliphatic imine (C=N–C) groups is 1. The van der Waals surface area contributed by atoms with Crippen LogP contribution in [-0.4, -0.2) is 33.4 Å². The van der Waals surface area contributed by atoms with Crippen LogP contribution in [0.1, 0.15) is 16.8 Å². The van der Waals surface area contributed by atoms with E-state index in [0.29, 0.717) is 16.9 Å². The maximum atomic E-state index is 11.7. The van der Waals surface area contributed by atoms with Crippen molar-refractivity contribution in [1.29, 1.82) is 0 Å². The lowest BCUT2D eigenvalue weighted by Gasteiger charge is -2.01. The molecule has 0 fully saturated rings. The zero-order valence-corrected chi connectivity index (χ0v) is 13.1. The normalized spacial score (nSPS) is 18.6. The summed E-state index contributed by atoms with van der Waals surface area (Å²) in [5, 5.41) is 4.09. The van der Waals surface area contributed by atoms with Crippen molar-refractivity contribution >= 4 is 34.6 Å². The number of hydrogen-bond donors (Lipinski definition) is 0. The number of halogens is 1. The van der Waals surface area contributed by atoms with Gasteiger partial charge in [0.1, 0.15) is 5.52 Å². The lowest BCUT2D eigenvalue weighted by Crippen LogP contribution is -1.99. The average molecular weight is 329 g/mol. The molecule has 7 heteroatoms. The molecule has 0 spiro atoms. The molecule has 0 radical (unpaired) electrons. The van der Waals surface area contributed by atoms with Crippen LogP contribution in [0.5, 0.6) is 0 Å². The first-order valence-electron chi connectivity index (χ1n) is 6.90. The Kier molecular flexibility index (Phi) is 4.34. The molecule has 0 saturated carbocycles. The number of carbonyl (C=O) groups is 1. The van der Waals surface area contributed by atoms with Gasteiger partial charge < -0.3 is 4.74 Å². The first kappa shape index (κ1) is 15.2. The topological polar surface area (TPSA) is 68.8 Å². The molecule has 1 aliphatic carbocycles. The van der Waals surface area contributed by atoms with Crippen LogP contribution in [0.4, 0.5) is 5.82 Å². The van der Waals surface area contributed by atoms with Gasteiger partial charge in [-0.3, -0.25) is 0 Å². The van der Waals surface area contributed by atoms with Crippen LogP contribution in [0, 0.1) is 0 Å². The van der Waals surface area contributed by atoms with E-state index in [-0.39, 0.29) is 5.28 Å². The quantitative estimate of drug-likeness (QED) is 0.793. The first-order chi connectivity index (χ1) is 11.2. The van der Waals surface area contributed by atoms with Gasteiger partial charge in [-0.25, -0.2) is 14.3 Å². The Balaban J connectivity index is 2.12. The monoisotopic (exact) mass is 328 g/mol. The van der Waals surface area contributed by atoms with Crippen molar-refractivity contribution < 1.29 is 9.53 Å². The van der Waals surface area contributed by atoms with E-state index >= 15 is 0 Å². The smallest absolute Gasteiger partial charge is 0.339 e. The molecule has 2 aromatic heterocycles. The predicted molar refractivity (Wildman–Crippen MR) is 88.5 cm³/mol. The van der Waals surface area contributed by atoms with E-state index in [9.17, 15) is 4.79 Å². The number of fused-ring (bicyclic) bond motifs is 1. The van der Waals surface area contributed by atoms with Crippen LogP contribution in [0.3, 0.4) is 0 Å². The second-order valence-corrected chi connectivity index (χ2v) is 5.05. The number of esters is 1. The van der Waals surface area contributed by atoms with Crippen molar-refractivity contribution in [2.24, 2.45) is 4.99 Å². The van der Waals surface area contributed by atoms with Gasteiger partial charge in [0.2, 0.25) is 5.28 Å². The Morgan fingerprint density at radius 1 is 1.35 bits per heavy atom. The third kappa shape index (κ3) is 3.37. The minimum Gasteiger partial charge on any atom is -0.465 e. The van der Waals surface area contributed by atoms with Crippen LogP contribution in [0.2, 0.25) is 5.28 Å². The van der Waals surface area contributed by atoms with Crippen LogP contribution >= 0.6 is 11.6 Å².